The molecule has 2 aromatic rings. The molecule has 23 heavy (non-hydrogen) atoms. The first-order valence-electron chi connectivity index (χ1n) is 7.30. The Morgan fingerprint density at radius 1 is 1.43 bits per heavy atom. The lowest BCUT2D eigenvalue weighted by molar-refractivity contribution is 0.0835. The summed E-state index contributed by atoms with van der Waals surface area (Å²) in [5, 5.41) is 3.92. The molecule has 1 aromatic heterocycles. The van der Waals surface area contributed by atoms with Gasteiger partial charge in [-0.3, -0.25) is 5.32 Å². The molecule has 0 saturated heterocycles. The number of nitrogens with zero attached hydrogens (tertiary/aromatic N) is 2. The van der Waals surface area contributed by atoms with Crippen molar-refractivity contribution in [3.05, 3.63) is 40.5 Å². The van der Waals surface area contributed by atoms with Crippen LogP contribution in [-0.2, 0) is 6.54 Å². The topological polar surface area (TPSA) is 54.5 Å². The van der Waals surface area contributed by atoms with Gasteiger partial charge in [0.25, 0.3) is 0 Å². The van der Waals surface area contributed by atoms with E-state index >= 15 is 0 Å². The number of rotatable bonds is 1. The fourth-order valence-corrected chi connectivity index (χ4v) is 3.46. The molecule has 0 unspecified atom stereocenters. The molecule has 5 nitrogen and oxygen atoms in total. The van der Waals surface area contributed by atoms with Crippen LogP contribution in [0.3, 0.4) is 0 Å². The average Bonchev–Trinajstić information content (AvgIpc) is 2.72. The minimum absolute atomic E-state index is 0.205. The summed E-state index contributed by atoms with van der Waals surface area (Å²) in [6, 6.07) is 7.58. The number of hydrogen-bond acceptors (Lipinski definition) is 4. The molecule has 0 spiro atoms. The smallest absolute Gasteiger partial charge is 0.322 e. The number of carbonyl (C=O) groups excluding carboxylic acids is 1. The van der Waals surface area contributed by atoms with Gasteiger partial charge in [0.05, 0.1) is 23.8 Å². The van der Waals surface area contributed by atoms with Gasteiger partial charge in [0.2, 0.25) is 0 Å². The lowest BCUT2D eigenvalue weighted by atomic mass is 10.1. The molecule has 2 amide bonds. The number of aryl methyl sites for hydroxylation is 1. The number of hydrogen-bond donors (Lipinski definition) is 1. The van der Waals surface area contributed by atoms with Crippen LogP contribution < -0.4 is 10.1 Å². The molecular weight excluding hydrogens is 334 g/mol. The van der Waals surface area contributed by atoms with Crippen LogP contribution in [0.25, 0.3) is 0 Å². The second kappa shape index (κ2) is 6.02. The van der Waals surface area contributed by atoms with E-state index in [0.29, 0.717) is 23.1 Å². The zero-order chi connectivity index (χ0) is 16.6. The van der Waals surface area contributed by atoms with Gasteiger partial charge in [0, 0.05) is 5.56 Å². The Morgan fingerprint density at radius 2 is 2.17 bits per heavy atom. The highest BCUT2D eigenvalue weighted by Crippen LogP contribution is 2.32. The number of carbonyl (C=O) groups is 1. The molecule has 1 aliphatic rings. The Kier molecular flexibility index (Phi) is 4.21. The fraction of sp³-hybridized carbons (Fsp3) is 0.375. The molecule has 0 saturated carbocycles. The maximum absolute atomic E-state index is 12.7. The Bertz CT molecular complexity index is 745. The monoisotopic (exact) mass is 351 g/mol. The van der Waals surface area contributed by atoms with E-state index in [-0.39, 0.29) is 6.03 Å². The van der Waals surface area contributed by atoms with Crippen LogP contribution in [0.1, 0.15) is 25.1 Å². The number of halogens is 1. The first-order valence-corrected chi connectivity index (χ1v) is 8.45. The van der Waals surface area contributed by atoms with Gasteiger partial charge in [-0.15, -0.1) is 0 Å². The maximum Gasteiger partial charge on any atom is 0.322 e. The van der Waals surface area contributed by atoms with Gasteiger partial charge in [-0.25, -0.2) is 4.79 Å². The molecular formula is C16H18ClN3O2S. The predicted molar refractivity (Wildman–Crippen MR) is 92.4 cm³/mol. The van der Waals surface area contributed by atoms with Gasteiger partial charge >= 0.3 is 6.03 Å². The van der Waals surface area contributed by atoms with Gasteiger partial charge in [-0.05, 0) is 38.4 Å². The number of benzene rings is 1. The number of aromatic nitrogens is 1. The standard InChI is InChI=1S/C16H18ClN3O2S/c1-10-13(17)14(23-19-10)18-15(21)20-8-11-6-4-5-7-12(11)22-16(2,3)9-20/h4-7H,8-9H2,1-3H3,(H,18,21). The van der Waals surface area contributed by atoms with Crippen molar-refractivity contribution >= 4 is 34.2 Å². The van der Waals surface area contributed by atoms with E-state index < -0.39 is 5.60 Å². The van der Waals surface area contributed by atoms with E-state index in [2.05, 4.69) is 9.69 Å². The van der Waals surface area contributed by atoms with E-state index in [1.54, 1.807) is 4.90 Å². The molecule has 0 radical (unpaired) electrons. The van der Waals surface area contributed by atoms with Crippen LogP contribution in [0, 0.1) is 6.92 Å². The van der Waals surface area contributed by atoms with Gasteiger partial charge in [0.15, 0.2) is 0 Å². The summed E-state index contributed by atoms with van der Waals surface area (Å²) in [5.41, 5.74) is 1.23. The van der Waals surface area contributed by atoms with Crippen molar-refractivity contribution in [3.63, 3.8) is 0 Å². The lowest BCUT2D eigenvalue weighted by Gasteiger charge is -2.29. The van der Waals surface area contributed by atoms with Crippen molar-refractivity contribution in [1.29, 1.82) is 0 Å². The summed E-state index contributed by atoms with van der Waals surface area (Å²) < 4.78 is 10.2. The number of ether oxygens (including phenoxy) is 1. The van der Waals surface area contributed by atoms with Crippen LogP contribution in [0.4, 0.5) is 9.80 Å². The van der Waals surface area contributed by atoms with Crippen LogP contribution in [-0.4, -0.2) is 27.5 Å². The van der Waals surface area contributed by atoms with E-state index in [4.69, 9.17) is 16.3 Å². The van der Waals surface area contributed by atoms with Gasteiger partial charge in [-0.2, -0.15) is 4.37 Å². The third-order valence-corrected chi connectivity index (χ3v) is 5.02. The highest BCUT2D eigenvalue weighted by Gasteiger charge is 2.31. The second-order valence-electron chi connectivity index (χ2n) is 6.17. The van der Waals surface area contributed by atoms with Crippen LogP contribution in [0.15, 0.2) is 24.3 Å². The minimum Gasteiger partial charge on any atom is -0.486 e. The molecule has 122 valence electrons. The summed E-state index contributed by atoms with van der Waals surface area (Å²) in [4.78, 5) is 14.4. The van der Waals surface area contributed by atoms with Crippen molar-refractivity contribution in [3.8, 4) is 5.75 Å². The number of fused-ring (bicyclic) bond motifs is 1. The first-order chi connectivity index (χ1) is 10.9. The molecule has 0 bridgehead atoms. The normalized spacial score (nSPS) is 16.3. The summed E-state index contributed by atoms with van der Waals surface area (Å²) in [6.45, 7) is 6.72. The quantitative estimate of drug-likeness (QED) is 0.832. The second-order valence-corrected chi connectivity index (χ2v) is 7.32. The van der Waals surface area contributed by atoms with E-state index in [9.17, 15) is 4.79 Å². The van der Waals surface area contributed by atoms with Crippen LogP contribution in [0.5, 0.6) is 5.75 Å². The molecule has 1 aliphatic heterocycles. The van der Waals surface area contributed by atoms with E-state index in [0.717, 1.165) is 17.0 Å². The molecule has 1 N–H and O–H groups in total. The fourth-order valence-electron chi connectivity index (χ4n) is 2.54. The first kappa shape index (κ1) is 16.1. The third kappa shape index (κ3) is 3.43. The third-order valence-electron chi connectivity index (χ3n) is 3.59. The minimum atomic E-state index is -0.475. The van der Waals surface area contributed by atoms with Crippen molar-refractivity contribution in [2.75, 3.05) is 11.9 Å². The summed E-state index contributed by atoms with van der Waals surface area (Å²) in [6.07, 6.45) is 0. The largest absolute Gasteiger partial charge is 0.486 e. The van der Waals surface area contributed by atoms with Crippen LogP contribution in [0.2, 0.25) is 5.02 Å². The molecule has 0 fully saturated rings. The molecule has 0 atom stereocenters. The Morgan fingerprint density at radius 3 is 2.87 bits per heavy atom. The molecule has 3 rings (SSSR count). The number of urea groups is 1. The SMILES string of the molecule is Cc1nsc(NC(=O)N2Cc3ccccc3OC(C)(C)C2)c1Cl. The number of para-hydroxylation sites is 1. The van der Waals surface area contributed by atoms with Gasteiger partial charge in [-0.1, -0.05) is 29.8 Å². The molecule has 1 aromatic carbocycles. The van der Waals surface area contributed by atoms with E-state index in [1.165, 1.54) is 11.5 Å². The number of anilines is 1. The molecule has 0 aliphatic carbocycles. The maximum atomic E-state index is 12.7. The molecule has 7 heteroatoms. The molecule has 2 heterocycles. The Balaban J connectivity index is 1.84. The van der Waals surface area contributed by atoms with Crippen molar-refractivity contribution in [2.24, 2.45) is 0 Å². The number of nitrogens with one attached hydrogen (secondary N) is 1. The lowest BCUT2D eigenvalue weighted by Crippen LogP contribution is -2.44. The van der Waals surface area contributed by atoms with E-state index in [1.807, 2.05) is 45.0 Å². The zero-order valence-electron chi connectivity index (χ0n) is 13.2. The Hall–Kier alpha value is -1.79. The van der Waals surface area contributed by atoms with Gasteiger partial charge in [0.1, 0.15) is 16.4 Å². The Labute approximate surface area is 144 Å². The predicted octanol–water partition coefficient (Wildman–Crippen LogP) is 4.31. The highest BCUT2D eigenvalue weighted by molar-refractivity contribution is 7.11. The highest BCUT2D eigenvalue weighted by atomic mass is 35.5. The zero-order valence-corrected chi connectivity index (χ0v) is 14.8. The van der Waals surface area contributed by atoms with Crippen LogP contribution >= 0.6 is 23.1 Å². The summed E-state index contributed by atoms with van der Waals surface area (Å²) in [5.74, 6) is 0.819. The number of amides is 2. The van der Waals surface area contributed by atoms with Crippen molar-refractivity contribution in [2.45, 2.75) is 32.9 Å². The van der Waals surface area contributed by atoms with Gasteiger partial charge < -0.3 is 9.64 Å². The van der Waals surface area contributed by atoms with Crippen molar-refractivity contribution < 1.29 is 9.53 Å². The summed E-state index contributed by atoms with van der Waals surface area (Å²) >= 11 is 7.34. The van der Waals surface area contributed by atoms with Crippen molar-refractivity contribution in [1.82, 2.24) is 9.27 Å². The average molecular weight is 352 g/mol. The summed E-state index contributed by atoms with van der Waals surface area (Å²) in [7, 11) is 0.